The first kappa shape index (κ1) is 11.9. The third-order valence-electron chi connectivity index (χ3n) is 3.19. The van der Waals surface area contributed by atoms with Gasteiger partial charge in [0.15, 0.2) is 0 Å². The Morgan fingerprint density at radius 3 is 2.89 bits per heavy atom. The van der Waals surface area contributed by atoms with Crippen LogP contribution in [0.2, 0.25) is 0 Å². The summed E-state index contributed by atoms with van der Waals surface area (Å²) >= 11 is 0. The number of aromatic nitrogens is 2. The molecule has 1 N–H and O–H groups in total. The molecule has 0 fully saturated rings. The van der Waals surface area contributed by atoms with E-state index in [0.717, 1.165) is 17.0 Å². The highest BCUT2D eigenvalue weighted by Gasteiger charge is 2.20. The van der Waals surface area contributed by atoms with E-state index < -0.39 is 0 Å². The zero-order valence-corrected chi connectivity index (χ0v) is 10.7. The van der Waals surface area contributed by atoms with Crippen LogP contribution in [0.25, 0.3) is 11.0 Å². The van der Waals surface area contributed by atoms with Crippen LogP contribution < -0.4 is 5.32 Å². The van der Waals surface area contributed by atoms with Crippen molar-refractivity contribution < 1.29 is 8.81 Å². The van der Waals surface area contributed by atoms with Gasteiger partial charge in [0.25, 0.3) is 0 Å². The number of hydrogen-bond donors (Lipinski definition) is 1. The minimum absolute atomic E-state index is 0.157. The number of benzene rings is 1. The summed E-state index contributed by atoms with van der Waals surface area (Å²) in [5, 5.41) is 3.92. The van der Waals surface area contributed by atoms with E-state index in [0.29, 0.717) is 5.58 Å². The largest absolute Gasteiger partial charge is 0.459 e. The third kappa shape index (κ3) is 2.02. The topological polar surface area (TPSA) is 43.0 Å². The molecule has 19 heavy (non-hydrogen) atoms. The fraction of sp³-hybridized carbons (Fsp3) is 0.214. The van der Waals surface area contributed by atoms with Crippen LogP contribution in [0.5, 0.6) is 0 Å². The number of rotatable bonds is 3. The van der Waals surface area contributed by atoms with Crippen molar-refractivity contribution in [3.63, 3.8) is 0 Å². The van der Waals surface area contributed by atoms with Gasteiger partial charge in [0.1, 0.15) is 29.0 Å². The Hall–Kier alpha value is -2.14. The zero-order chi connectivity index (χ0) is 13.4. The number of halogens is 1. The molecule has 0 amide bonds. The van der Waals surface area contributed by atoms with Gasteiger partial charge in [-0.15, -0.1) is 0 Å². The normalized spacial score (nSPS) is 13.0. The molecular weight excluding hydrogens is 245 g/mol. The van der Waals surface area contributed by atoms with Crippen molar-refractivity contribution in [2.75, 3.05) is 7.05 Å². The van der Waals surface area contributed by atoms with Crippen LogP contribution in [0, 0.1) is 5.82 Å². The number of imidazole rings is 1. The van der Waals surface area contributed by atoms with Gasteiger partial charge in [-0.25, -0.2) is 9.37 Å². The number of fused-ring (bicyclic) bond motifs is 1. The monoisotopic (exact) mass is 259 g/mol. The Morgan fingerprint density at radius 2 is 2.21 bits per heavy atom. The molecule has 0 aliphatic heterocycles. The smallest absolute Gasteiger partial charge is 0.134 e. The standard InChI is InChI=1S/C14H14FN3O/c1-16-13(14-17-5-6-18(14)2)12-8-9-7-10(15)3-4-11(9)19-12/h3-8,13,16H,1-2H3. The van der Waals surface area contributed by atoms with Gasteiger partial charge in [-0.2, -0.15) is 0 Å². The van der Waals surface area contributed by atoms with Crippen LogP contribution in [0.4, 0.5) is 4.39 Å². The van der Waals surface area contributed by atoms with E-state index in [1.165, 1.54) is 12.1 Å². The van der Waals surface area contributed by atoms with Gasteiger partial charge >= 0.3 is 0 Å². The van der Waals surface area contributed by atoms with Gasteiger partial charge in [0, 0.05) is 24.8 Å². The number of nitrogens with one attached hydrogen (secondary N) is 1. The lowest BCUT2D eigenvalue weighted by Gasteiger charge is -2.12. The maximum Gasteiger partial charge on any atom is 0.134 e. The molecule has 3 rings (SSSR count). The maximum absolute atomic E-state index is 13.2. The van der Waals surface area contributed by atoms with E-state index >= 15 is 0 Å². The van der Waals surface area contributed by atoms with E-state index in [1.807, 2.05) is 30.9 Å². The molecular formula is C14H14FN3O. The molecule has 4 nitrogen and oxygen atoms in total. The van der Waals surface area contributed by atoms with Crippen molar-refractivity contribution in [3.05, 3.63) is 54.1 Å². The van der Waals surface area contributed by atoms with Crippen LogP contribution in [0.15, 0.2) is 41.1 Å². The number of aryl methyl sites for hydroxylation is 1. The van der Waals surface area contributed by atoms with Crippen molar-refractivity contribution in [3.8, 4) is 0 Å². The molecule has 0 saturated heterocycles. The molecule has 3 aromatic rings. The van der Waals surface area contributed by atoms with Crippen molar-refractivity contribution in [2.24, 2.45) is 7.05 Å². The predicted octanol–water partition coefficient (Wildman–Crippen LogP) is 2.61. The summed E-state index contributed by atoms with van der Waals surface area (Å²) < 4.78 is 20.9. The minimum Gasteiger partial charge on any atom is -0.459 e. The first-order valence-corrected chi connectivity index (χ1v) is 6.02. The first-order valence-electron chi connectivity index (χ1n) is 6.02. The number of nitrogens with zero attached hydrogens (tertiary/aromatic N) is 2. The summed E-state index contributed by atoms with van der Waals surface area (Å²) in [7, 11) is 3.77. The summed E-state index contributed by atoms with van der Waals surface area (Å²) in [6.45, 7) is 0. The van der Waals surface area contributed by atoms with Crippen molar-refractivity contribution in [1.82, 2.24) is 14.9 Å². The minimum atomic E-state index is -0.266. The van der Waals surface area contributed by atoms with E-state index in [9.17, 15) is 4.39 Å². The van der Waals surface area contributed by atoms with E-state index in [4.69, 9.17) is 4.42 Å². The molecule has 1 atom stereocenters. The fourth-order valence-electron chi connectivity index (χ4n) is 2.23. The van der Waals surface area contributed by atoms with Gasteiger partial charge in [0.05, 0.1) is 0 Å². The molecule has 5 heteroatoms. The second-order valence-corrected chi connectivity index (χ2v) is 4.45. The van der Waals surface area contributed by atoms with Gasteiger partial charge in [-0.3, -0.25) is 0 Å². The summed E-state index contributed by atoms with van der Waals surface area (Å²) in [6, 6.07) is 6.18. The maximum atomic E-state index is 13.2. The molecule has 0 bridgehead atoms. The van der Waals surface area contributed by atoms with Gasteiger partial charge in [-0.05, 0) is 31.3 Å². The lowest BCUT2D eigenvalue weighted by atomic mass is 10.2. The highest BCUT2D eigenvalue weighted by atomic mass is 19.1. The van der Waals surface area contributed by atoms with E-state index in [-0.39, 0.29) is 11.9 Å². The second kappa shape index (κ2) is 4.51. The Morgan fingerprint density at radius 1 is 1.37 bits per heavy atom. The van der Waals surface area contributed by atoms with Crippen molar-refractivity contribution in [2.45, 2.75) is 6.04 Å². The summed E-state index contributed by atoms with van der Waals surface area (Å²) in [5.74, 6) is 1.30. The van der Waals surface area contributed by atoms with Crippen LogP contribution in [-0.4, -0.2) is 16.6 Å². The zero-order valence-electron chi connectivity index (χ0n) is 10.7. The molecule has 0 aliphatic carbocycles. The van der Waals surface area contributed by atoms with Crippen LogP contribution in [-0.2, 0) is 7.05 Å². The van der Waals surface area contributed by atoms with E-state index in [1.54, 1.807) is 12.3 Å². The molecule has 0 aliphatic rings. The lowest BCUT2D eigenvalue weighted by molar-refractivity contribution is 0.471. The molecule has 1 aromatic carbocycles. The van der Waals surface area contributed by atoms with Crippen LogP contribution in [0.1, 0.15) is 17.6 Å². The van der Waals surface area contributed by atoms with Crippen LogP contribution in [0.3, 0.4) is 0 Å². The van der Waals surface area contributed by atoms with Crippen molar-refractivity contribution in [1.29, 1.82) is 0 Å². The Balaban J connectivity index is 2.09. The molecule has 0 radical (unpaired) electrons. The molecule has 0 saturated carbocycles. The Bertz CT molecular complexity index is 716. The number of hydrogen-bond acceptors (Lipinski definition) is 3. The molecule has 98 valence electrons. The molecule has 2 aromatic heterocycles. The van der Waals surface area contributed by atoms with Gasteiger partial charge in [0.2, 0.25) is 0 Å². The molecule has 1 unspecified atom stereocenters. The molecule has 2 heterocycles. The summed E-state index contributed by atoms with van der Waals surface area (Å²) in [5.41, 5.74) is 0.672. The Labute approximate surface area is 109 Å². The van der Waals surface area contributed by atoms with E-state index in [2.05, 4.69) is 10.3 Å². The summed E-state index contributed by atoms with van der Waals surface area (Å²) in [4.78, 5) is 4.32. The highest BCUT2D eigenvalue weighted by Crippen LogP contribution is 2.27. The molecule has 0 spiro atoms. The van der Waals surface area contributed by atoms with Crippen LogP contribution >= 0.6 is 0 Å². The highest BCUT2D eigenvalue weighted by molar-refractivity contribution is 5.78. The van der Waals surface area contributed by atoms with Crippen molar-refractivity contribution >= 4 is 11.0 Å². The predicted molar refractivity (Wildman–Crippen MR) is 70.3 cm³/mol. The fourth-order valence-corrected chi connectivity index (χ4v) is 2.23. The Kier molecular flexibility index (Phi) is 2.83. The number of furan rings is 1. The first-order chi connectivity index (χ1) is 9.19. The van der Waals surface area contributed by atoms with Gasteiger partial charge in [-0.1, -0.05) is 0 Å². The summed E-state index contributed by atoms with van der Waals surface area (Å²) in [6.07, 6.45) is 3.62. The average Bonchev–Trinajstić information content (AvgIpc) is 2.97. The second-order valence-electron chi connectivity index (χ2n) is 4.45. The average molecular weight is 259 g/mol. The quantitative estimate of drug-likeness (QED) is 0.786. The third-order valence-corrected chi connectivity index (χ3v) is 3.19. The lowest BCUT2D eigenvalue weighted by Crippen LogP contribution is -2.20. The van der Waals surface area contributed by atoms with Gasteiger partial charge < -0.3 is 14.3 Å². The SMILES string of the molecule is CNC(c1cc2cc(F)ccc2o1)c1nccn1C.